The molecule has 2 aromatic rings. The summed E-state index contributed by atoms with van der Waals surface area (Å²) in [5, 5.41) is 3.96. The quantitative estimate of drug-likeness (QED) is 0.688. The summed E-state index contributed by atoms with van der Waals surface area (Å²) >= 11 is 0. The number of nitrogens with one attached hydrogen (secondary N) is 1. The average molecular weight is 410 g/mol. The number of fused-ring (bicyclic) bond motifs is 1. The Balaban J connectivity index is 1.42. The van der Waals surface area contributed by atoms with E-state index in [-0.39, 0.29) is 22.9 Å². The van der Waals surface area contributed by atoms with Crippen LogP contribution in [0.25, 0.3) is 11.0 Å². The number of carbonyl (C=O) groups excluding carboxylic acids is 1. The molecular weight excluding hydrogens is 378 g/mol. The van der Waals surface area contributed by atoms with Crippen LogP contribution in [-0.4, -0.2) is 18.6 Å². The van der Waals surface area contributed by atoms with Crippen molar-refractivity contribution in [1.82, 2.24) is 5.32 Å². The first-order chi connectivity index (χ1) is 14.5. The van der Waals surface area contributed by atoms with Crippen LogP contribution in [0, 0.1) is 23.2 Å². The maximum atomic E-state index is 13.2. The van der Waals surface area contributed by atoms with Crippen LogP contribution in [0.5, 0.6) is 5.75 Å². The fourth-order valence-electron chi connectivity index (χ4n) is 7.07. The predicted octanol–water partition coefficient (Wildman–Crippen LogP) is 4.92. The van der Waals surface area contributed by atoms with Crippen LogP contribution < -0.4 is 15.7 Å². The molecule has 1 unspecified atom stereocenters. The monoisotopic (exact) mass is 409 g/mol. The summed E-state index contributed by atoms with van der Waals surface area (Å²) in [5.74, 6) is 2.69. The Morgan fingerprint density at radius 2 is 1.83 bits per heavy atom. The van der Waals surface area contributed by atoms with Gasteiger partial charge in [0.05, 0.1) is 6.61 Å². The highest BCUT2D eigenvalue weighted by Gasteiger charge is 2.54. The average Bonchev–Trinajstić information content (AvgIpc) is 2.71. The molecule has 6 rings (SSSR count). The molecule has 4 fully saturated rings. The molecule has 1 heterocycles. The number of ether oxygens (including phenoxy) is 1. The third kappa shape index (κ3) is 3.23. The maximum absolute atomic E-state index is 13.2. The highest BCUT2D eigenvalue weighted by molar-refractivity contribution is 5.97. The first-order valence-electron chi connectivity index (χ1n) is 11.5. The number of hydrogen-bond acceptors (Lipinski definition) is 4. The molecule has 1 atom stereocenters. The zero-order valence-corrected chi connectivity index (χ0v) is 17.9. The smallest absolute Gasteiger partial charge is 0.349 e. The van der Waals surface area contributed by atoms with Gasteiger partial charge in [-0.2, -0.15) is 0 Å². The molecule has 1 amide bonds. The lowest BCUT2D eigenvalue weighted by molar-refractivity contribution is -0.0727. The van der Waals surface area contributed by atoms with Crippen LogP contribution in [0.1, 0.15) is 69.2 Å². The fraction of sp³-hybridized carbons (Fsp3) is 0.600. The minimum absolute atomic E-state index is 0.0827. The van der Waals surface area contributed by atoms with E-state index in [4.69, 9.17) is 9.15 Å². The number of benzene rings is 1. The molecule has 0 radical (unpaired) electrons. The van der Waals surface area contributed by atoms with Crippen LogP contribution in [0.15, 0.2) is 33.5 Å². The predicted molar refractivity (Wildman–Crippen MR) is 116 cm³/mol. The van der Waals surface area contributed by atoms with Gasteiger partial charge in [0.1, 0.15) is 5.56 Å². The third-order valence-electron chi connectivity index (χ3n) is 7.81. The van der Waals surface area contributed by atoms with E-state index in [0.29, 0.717) is 23.3 Å². The summed E-state index contributed by atoms with van der Waals surface area (Å²) in [6, 6.07) is 7.22. The maximum Gasteiger partial charge on any atom is 0.349 e. The Bertz CT molecular complexity index is 988. The SMILES string of the molecule is CCOc1cccc2cc(C(=O)NC(CC)C34CC5CC(CC(C5)C3)C4)c(=O)oc12. The van der Waals surface area contributed by atoms with Gasteiger partial charge in [-0.15, -0.1) is 0 Å². The number of carbonyl (C=O) groups is 1. The standard InChI is InChI=1S/C25H31NO4/c1-3-21(25-12-15-8-16(13-25)10-17(9-15)14-25)26-23(27)19-11-18-6-5-7-20(29-4-2)22(18)30-24(19)28/h5-7,11,15-17,21H,3-4,8-10,12-14H2,1-2H3,(H,26,27). The summed E-state index contributed by atoms with van der Waals surface area (Å²) in [4.78, 5) is 25.8. The Morgan fingerprint density at radius 3 is 2.43 bits per heavy atom. The topological polar surface area (TPSA) is 68.5 Å². The van der Waals surface area contributed by atoms with Crippen molar-refractivity contribution in [2.75, 3.05) is 6.61 Å². The van der Waals surface area contributed by atoms with Crippen LogP contribution in [0.4, 0.5) is 0 Å². The highest BCUT2D eigenvalue weighted by Crippen LogP contribution is 2.61. The highest BCUT2D eigenvalue weighted by atomic mass is 16.5. The van der Waals surface area contributed by atoms with E-state index in [1.54, 1.807) is 12.1 Å². The van der Waals surface area contributed by atoms with Crippen molar-refractivity contribution in [2.45, 2.75) is 64.8 Å². The van der Waals surface area contributed by atoms with Gasteiger partial charge in [-0.05, 0) is 87.2 Å². The zero-order valence-electron chi connectivity index (χ0n) is 17.9. The molecule has 4 aliphatic rings. The van der Waals surface area contributed by atoms with Crippen molar-refractivity contribution in [2.24, 2.45) is 23.2 Å². The van der Waals surface area contributed by atoms with E-state index in [0.717, 1.165) is 24.2 Å². The van der Waals surface area contributed by atoms with Gasteiger partial charge in [-0.1, -0.05) is 19.1 Å². The summed E-state index contributed by atoms with van der Waals surface area (Å²) in [6.07, 6.45) is 8.69. The Morgan fingerprint density at radius 1 is 1.17 bits per heavy atom. The second-order valence-corrected chi connectivity index (χ2v) is 9.77. The van der Waals surface area contributed by atoms with Gasteiger partial charge < -0.3 is 14.5 Å². The second kappa shape index (κ2) is 7.44. The third-order valence-corrected chi connectivity index (χ3v) is 7.81. The minimum atomic E-state index is -0.604. The minimum Gasteiger partial charge on any atom is -0.490 e. The number of amides is 1. The van der Waals surface area contributed by atoms with Crippen LogP contribution in [0.2, 0.25) is 0 Å². The van der Waals surface area contributed by atoms with E-state index in [2.05, 4.69) is 12.2 Å². The van der Waals surface area contributed by atoms with Crippen LogP contribution >= 0.6 is 0 Å². The largest absolute Gasteiger partial charge is 0.490 e. The first kappa shape index (κ1) is 19.7. The van der Waals surface area contributed by atoms with Gasteiger partial charge in [0.25, 0.3) is 5.91 Å². The van der Waals surface area contributed by atoms with Crippen LogP contribution in [-0.2, 0) is 0 Å². The zero-order chi connectivity index (χ0) is 20.9. The number of rotatable bonds is 6. The molecule has 0 spiro atoms. The van der Waals surface area contributed by atoms with E-state index < -0.39 is 5.63 Å². The molecule has 160 valence electrons. The van der Waals surface area contributed by atoms with Crippen molar-refractivity contribution in [3.63, 3.8) is 0 Å². The lowest BCUT2D eigenvalue weighted by Crippen LogP contribution is -2.57. The van der Waals surface area contributed by atoms with Crippen LogP contribution in [0.3, 0.4) is 0 Å². The Labute approximate surface area is 177 Å². The summed E-state index contributed by atoms with van der Waals surface area (Å²) in [5.41, 5.74) is 0.0825. The molecule has 5 heteroatoms. The molecule has 4 saturated carbocycles. The van der Waals surface area contributed by atoms with E-state index in [9.17, 15) is 9.59 Å². The number of hydrogen-bond donors (Lipinski definition) is 1. The molecule has 4 bridgehead atoms. The fourth-order valence-corrected chi connectivity index (χ4v) is 7.07. The molecule has 0 saturated heterocycles. The van der Waals surface area contributed by atoms with Crippen molar-refractivity contribution >= 4 is 16.9 Å². The van der Waals surface area contributed by atoms with E-state index >= 15 is 0 Å². The Hall–Kier alpha value is -2.30. The van der Waals surface area contributed by atoms with Gasteiger partial charge in [0, 0.05) is 11.4 Å². The van der Waals surface area contributed by atoms with Crippen molar-refractivity contribution in [1.29, 1.82) is 0 Å². The summed E-state index contributed by atoms with van der Waals surface area (Å²) in [6.45, 7) is 4.52. The molecule has 4 aliphatic carbocycles. The van der Waals surface area contributed by atoms with E-state index in [1.807, 2.05) is 19.1 Å². The van der Waals surface area contributed by atoms with Gasteiger partial charge in [-0.25, -0.2) is 4.79 Å². The van der Waals surface area contributed by atoms with E-state index in [1.165, 1.54) is 38.5 Å². The summed E-state index contributed by atoms with van der Waals surface area (Å²) in [7, 11) is 0. The molecule has 5 nitrogen and oxygen atoms in total. The van der Waals surface area contributed by atoms with Crippen molar-refractivity contribution in [3.8, 4) is 5.75 Å². The molecule has 1 aromatic heterocycles. The lowest BCUT2D eigenvalue weighted by atomic mass is 9.47. The van der Waals surface area contributed by atoms with Gasteiger partial charge in [-0.3, -0.25) is 4.79 Å². The summed E-state index contributed by atoms with van der Waals surface area (Å²) < 4.78 is 11.1. The molecule has 30 heavy (non-hydrogen) atoms. The van der Waals surface area contributed by atoms with Gasteiger partial charge in [0.15, 0.2) is 11.3 Å². The molecular formula is C25H31NO4. The first-order valence-corrected chi connectivity index (χ1v) is 11.5. The van der Waals surface area contributed by atoms with Crippen molar-refractivity contribution in [3.05, 3.63) is 40.2 Å². The molecule has 1 N–H and O–H groups in total. The number of para-hydroxylation sites is 1. The van der Waals surface area contributed by atoms with Gasteiger partial charge in [0.2, 0.25) is 0 Å². The molecule has 0 aliphatic heterocycles. The lowest BCUT2D eigenvalue weighted by Gasteiger charge is -2.59. The van der Waals surface area contributed by atoms with Gasteiger partial charge >= 0.3 is 5.63 Å². The normalized spacial score (nSPS) is 30.4. The molecule has 1 aromatic carbocycles. The van der Waals surface area contributed by atoms with Crippen molar-refractivity contribution < 1.29 is 13.9 Å². The second-order valence-electron chi connectivity index (χ2n) is 9.77. The Kier molecular flexibility index (Phi) is 4.87.